The van der Waals surface area contributed by atoms with E-state index in [2.05, 4.69) is 20.2 Å². The van der Waals surface area contributed by atoms with Crippen LogP contribution in [0, 0.1) is 0 Å². The van der Waals surface area contributed by atoms with E-state index < -0.39 is 10.0 Å². The summed E-state index contributed by atoms with van der Waals surface area (Å²) in [6, 6.07) is 13.1. The Kier molecular flexibility index (Phi) is 5.30. The number of hydrogen-bond acceptors (Lipinski definition) is 7. The van der Waals surface area contributed by atoms with Gasteiger partial charge in [0.25, 0.3) is 0 Å². The van der Waals surface area contributed by atoms with Crippen molar-refractivity contribution < 1.29 is 13.2 Å². The second kappa shape index (κ2) is 8.56. The van der Waals surface area contributed by atoms with Gasteiger partial charge in [-0.1, -0.05) is 12.1 Å². The number of nitrogens with zero attached hydrogens (tertiary/aromatic N) is 7. The summed E-state index contributed by atoms with van der Waals surface area (Å²) in [6.07, 6.45) is 9.84. The Morgan fingerprint density at radius 2 is 1.59 bits per heavy atom. The molecule has 0 radical (unpaired) electrons. The highest BCUT2D eigenvalue weighted by atomic mass is 32.2. The summed E-state index contributed by atoms with van der Waals surface area (Å²) in [5, 5.41) is 8.36. The number of rotatable bonds is 6. The van der Waals surface area contributed by atoms with E-state index in [1.807, 2.05) is 57.4 Å². The van der Waals surface area contributed by atoms with Crippen LogP contribution in [0.3, 0.4) is 0 Å². The van der Waals surface area contributed by atoms with Crippen molar-refractivity contribution >= 4 is 26.7 Å². The quantitative estimate of drug-likeness (QED) is 0.329. The van der Waals surface area contributed by atoms with Crippen LogP contribution in [0.2, 0.25) is 0 Å². The van der Waals surface area contributed by atoms with Gasteiger partial charge in [-0.15, -0.1) is 0 Å². The Hall–Kier alpha value is -4.51. The molecule has 186 valence electrons. The normalized spacial score (nSPS) is 12.1. The molecular weight excluding hydrogens is 490 g/mol. The van der Waals surface area contributed by atoms with Crippen LogP contribution in [0.1, 0.15) is 13.8 Å². The molecule has 11 heteroatoms. The molecule has 0 N–H and O–H groups in total. The minimum atomic E-state index is -4.09. The number of imidazole rings is 1. The van der Waals surface area contributed by atoms with Gasteiger partial charge in [0.2, 0.25) is 0 Å². The van der Waals surface area contributed by atoms with Crippen LogP contribution >= 0.6 is 0 Å². The molecule has 5 aromatic heterocycles. The maximum atomic E-state index is 13.8. The largest absolute Gasteiger partial charge is 0.491 e. The van der Waals surface area contributed by atoms with E-state index >= 15 is 0 Å². The topological polar surface area (TPSA) is 109 Å². The second-order valence-electron chi connectivity index (χ2n) is 8.96. The molecular formula is C26H23N7O3S. The summed E-state index contributed by atoms with van der Waals surface area (Å²) in [7, 11) is -2.28. The molecule has 1 aromatic carbocycles. The maximum Gasteiger partial charge on any atom is 0.301 e. The molecule has 0 bridgehead atoms. The molecule has 0 saturated heterocycles. The lowest BCUT2D eigenvalue weighted by Crippen LogP contribution is -2.16. The number of benzene rings is 1. The zero-order chi connectivity index (χ0) is 25.7. The smallest absolute Gasteiger partial charge is 0.301 e. The molecule has 6 aromatic rings. The fourth-order valence-electron chi connectivity index (χ4n) is 4.21. The van der Waals surface area contributed by atoms with E-state index in [0.717, 1.165) is 32.1 Å². The lowest BCUT2D eigenvalue weighted by Gasteiger charge is -2.11. The van der Waals surface area contributed by atoms with Crippen molar-refractivity contribution in [2.45, 2.75) is 25.0 Å². The Morgan fingerprint density at radius 1 is 0.811 bits per heavy atom. The monoisotopic (exact) mass is 513 g/mol. The molecule has 0 unspecified atom stereocenters. The first kappa shape index (κ1) is 22.9. The van der Waals surface area contributed by atoms with Crippen LogP contribution in [-0.4, -0.2) is 47.9 Å². The van der Waals surface area contributed by atoms with Gasteiger partial charge in [-0.25, -0.2) is 4.98 Å². The van der Waals surface area contributed by atoms with Crippen LogP contribution in [-0.2, 0) is 17.1 Å². The Morgan fingerprint density at radius 3 is 2.32 bits per heavy atom. The molecule has 6 rings (SSSR count). The fraction of sp³-hybridized carbons (Fsp3) is 0.154. The highest BCUT2D eigenvalue weighted by Crippen LogP contribution is 2.27. The van der Waals surface area contributed by atoms with Gasteiger partial charge in [0.05, 0.1) is 24.7 Å². The molecule has 0 spiro atoms. The SMILES string of the molecule is CC(C)Oc1ccc(-c2ccc3ncc(S(=O)(=O)n4ncc5ncc(-c6cnn(C)c6)cc54)n3c2)cc1. The first-order chi connectivity index (χ1) is 17.8. The molecule has 0 aliphatic rings. The van der Waals surface area contributed by atoms with Crippen LogP contribution in [0.4, 0.5) is 0 Å². The Bertz CT molecular complexity index is 1870. The zero-order valence-corrected chi connectivity index (χ0v) is 21.2. The van der Waals surface area contributed by atoms with E-state index in [1.165, 1.54) is 12.4 Å². The van der Waals surface area contributed by atoms with E-state index in [-0.39, 0.29) is 11.1 Å². The summed E-state index contributed by atoms with van der Waals surface area (Å²) < 4.78 is 37.6. The third-order valence-corrected chi connectivity index (χ3v) is 7.53. The van der Waals surface area contributed by atoms with E-state index in [4.69, 9.17) is 4.74 Å². The predicted octanol–water partition coefficient (Wildman–Crippen LogP) is 4.17. The van der Waals surface area contributed by atoms with E-state index in [9.17, 15) is 8.42 Å². The second-order valence-corrected chi connectivity index (χ2v) is 10.7. The van der Waals surface area contributed by atoms with Crippen molar-refractivity contribution in [3.8, 4) is 28.0 Å². The average molecular weight is 514 g/mol. The number of aryl methyl sites for hydroxylation is 1. The van der Waals surface area contributed by atoms with Crippen molar-refractivity contribution in [2.75, 3.05) is 0 Å². The van der Waals surface area contributed by atoms with Crippen molar-refractivity contribution in [1.29, 1.82) is 0 Å². The van der Waals surface area contributed by atoms with Crippen LogP contribution in [0.25, 0.3) is 38.9 Å². The summed E-state index contributed by atoms with van der Waals surface area (Å²) in [5.41, 5.74) is 4.67. The van der Waals surface area contributed by atoms with E-state index in [0.29, 0.717) is 16.7 Å². The van der Waals surface area contributed by atoms with Gasteiger partial charge in [0.15, 0.2) is 5.03 Å². The average Bonchev–Trinajstić information content (AvgIpc) is 3.61. The summed E-state index contributed by atoms with van der Waals surface area (Å²) in [5.74, 6) is 0.774. The van der Waals surface area contributed by atoms with Gasteiger partial charge in [-0.3, -0.25) is 14.1 Å². The molecule has 5 heterocycles. The first-order valence-corrected chi connectivity index (χ1v) is 13.1. The first-order valence-electron chi connectivity index (χ1n) is 11.6. The molecule has 0 amide bonds. The lowest BCUT2D eigenvalue weighted by molar-refractivity contribution is 0.242. The highest BCUT2D eigenvalue weighted by Gasteiger charge is 2.25. The van der Waals surface area contributed by atoms with Gasteiger partial charge in [-0.05, 0) is 55.3 Å². The van der Waals surface area contributed by atoms with Crippen LogP contribution in [0.5, 0.6) is 5.75 Å². The molecule has 0 atom stereocenters. The third-order valence-electron chi connectivity index (χ3n) is 5.95. The number of hydrogen-bond donors (Lipinski definition) is 0. The molecule has 0 aliphatic heterocycles. The van der Waals surface area contributed by atoms with Crippen molar-refractivity contribution in [3.63, 3.8) is 0 Å². The lowest BCUT2D eigenvalue weighted by atomic mass is 10.1. The molecule has 37 heavy (non-hydrogen) atoms. The van der Waals surface area contributed by atoms with Gasteiger partial charge in [-0.2, -0.15) is 22.7 Å². The fourth-order valence-corrected chi connectivity index (χ4v) is 5.55. The minimum Gasteiger partial charge on any atom is -0.491 e. The van der Waals surface area contributed by atoms with Crippen LogP contribution < -0.4 is 4.74 Å². The highest BCUT2D eigenvalue weighted by molar-refractivity contribution is 7.90. The van der Waals surface area contributed by atoms with Gasteiger partial charge in [0.1, 0.15) is 22.4 Å². The molecule has 0 saturated carbocycles. The summed E-state index contributed by atoms with van der Waals surface area (Å²) in [6.45, 7) is 3.95. The van der Waals surface area contributed by atoms with Gasteiger partial charge in [0, 0.05) is 36.8 Å². The van der Waals surface area contributed by atoms with Gasteiger partial charge < -0.3 is 4.74 Å². The molecule has 0 aliphatic carbocycles. The minimum absolute atomic E-state index is 0.000826. The van der Waals surface area contributed by atoms with Gasteiger partial charge >= 0.3 is 10.0 Å². The Balaban J connectivity index is 1.43. The predicted molar refractivity (Wildman–Crippen MR) is 139 cm³/mol. The summed E-state index contributed by atoms with van der Waals surface area (Å²) in [4.78, 5) is 8.73. The third kappa shape index (κ3) is 4.02. The number of ether oxygens (including phenoxy) is 1. The van der Waals surface area contributed by atoms with Crippen molar-refractivity contribution in [3.05, 3.63) is 79.6 Å². The molecule has 0 fully saturated rings. The van der Waals surface area contributed by atoms with E-state index in [1.54, 1.807) is 39.8 Å². The standard InChI is InChI=1S/C26H23N7O3S/c1-17(2)36-22-7-4-18(5-8-22)19-6-9-25-28-14-26(32(25)16-19)37(34,35)33-24-10-20(11-27-23(24)13-30-33)21-12-29-31(3)15-21/h4-17H,1-3H3. The number of aromatic nitrogens is 7. The maximum absolute atomic E-state index is 13.8. The van der Waals surface area contributed by atoms with Crippen molar-refractivity contribution in [1.82, 2.24) is 33.3 Å². The number of fused-ring (bicyclic) bond motifs is 2. The van der Waals surface area contributed by atoms with Crippen molar-refractivity contribution in [2.24, 2.45) is 7.05 Å². The molecule has 10 nitrogen and oxygen atoms in total. The Labute approximate surface area is 212 Å². The summed E-state index contributed by atoms with van der Waals surface area (Å²) >= 11 is 0. The van der Waals surface area contributed by atoms with Crippen LogP contribution in [0.15, 0.2) is 84.7 Å². The zero-order valence-electron chi connectivity index (χ0n) is 20.3. The number of pyridine rings is 2.